The van der Waals surface area contributed by atoms with Gasteiger partial charge in [-0.05, 0) is 23.1 Å². The fourth-order valence-corrected chi connectivity index (χ4v) is 2.78. The third-order valence-electron chi connectivity index (χ3n) is 4.12. The summed E-state index contributed by atoms with van der Waals surface area (Å²) in [7, 11) is 0. The molecule has 1 aromatic carbocycles. The average molecular weight is 387 g/mol. The van der Waals surface area contributed by atoms with Gasteiger partial charge in [0, 0.05) is 19.7 Å². The molecule has 0 radical (unpaired) electrons. The summed E-state index contributed by atoms with van der Waals surface area (Å²) in [4.78, 5) is 48.9. The van der Waals surface area contributed by atoms with Gasteiger partial charge in [-0.1, -0.05) is 38.1 Å². The molecule has 0 saturated carbocycles. The Morgan fingerprint density at radius 2 is 1.89 bits per heavy atom. The van der Waals surface area contributed by atoms with E-state index < -0.39 is 30.6 Å². The molecule has 0 aromatic heterocycles. The Labute approximate surface area is 163 Å². The highest BCUT2D eigenvalue weighted by atomic mass is 16.5. The molecule has 0 unspecified atom stereocenters. The molecule has 0 aliphatic carbocycles. The molecule has 150 valence electrons. The number of benzene rings is 1. The van der Waals surface area contributed by atoms with Crippen LogP contribution in [0.2, 0.25) is 0 Å². The molecular formula is C20H25N3O5. The standard InChI is InChI=1S/C20H25N3O5/c1-13(2)11-21-20(27)22-18(25)12-28-19(26)10-17-16-7-5-4-6-15(16)8-9-23(17)14(3)24/h4-9,13,17H,10-12H2,1-3H3,(H2,21,22,25,27)/t17-/m1/s1. The number of fused-ring (bicyclic) bond motifs is 1. The van der Waals surface area contributed by atoms with Gasteiger partial charge in [0.2, 0.25) is 5.91 Å². The van der Waals surface area contributed by atoms with Crippen LogP contribution in [0.4, 0.5) is 4.79 Å². The smallest absolute Gasteiger partial charge is 0.321 e. The van der Waals surface area contributed by atoms with E-state index in [9.17, 15) is 19.2 Å². The van der Waals surface area contributed by atoms with Crippen LogP contribution in [0.5, 0.6) is 0 Å². The lowest BCUT2D eigenvalue weighted by Gasteiger charge is -2.32. The van der Waals surface area contributed by atoms with Crippen molar-refractivity contribution >= 4 is 29.9 Å². The fraction of sp³-hybridized carbons (Fsp3) is 0.400. The molecular weight excluding hydrogens is 362 g/mol. The average Bonchev–Trinajstić information content (AvgIpc) is 2.64. The summed E-state index contributed by atoms with van der Waals surface area (Å²) in [5.74, 6) is -1.32. The molecule has 8 nitrogen and oxygen atoms in total. The Morgan fingerprint density at radius 3 is 2.57 bits per heavy atom. The van der Waals surface area contributed by atoms with Gasteiger partial charge in [-0.3, -0.25) is 19.7 Å². The van der Waals surface area contributed by atoms with Gasteiger partial charge in [-0.25, -0.2) is 4.79 Å². The van der Waals surface area contributed by atoms with Crippen LogP contribution in [0, 0.1) is 5.92 Å². The molecule has 0 fully saturated rings. The summed E-state index contributed by atoms with van der Waals surface area (Å²) in [5, 5.41) is 4.63. The van der Waals surface area contributed by atoms with Crippen molar-refractivity contribution in [3.05, 3.63) is 41.6 Å². The van der Waals surface area contributed by atoms with E-state index in [0.29, 0.717) is 6.54 Å². The molecule has 1 heterocycles. The predicted molar refractivity (Wildman–Crippen MR) is 103 cm³/mol. The number of nitrogens with zero attached hydrogens (tertiary/aromatic N) is 1. The van der Waals surface area contributed by atoms with Crippen LogP contribution < -0.4 is 10.6 Å². The van der Waals surface area contributed by atoms with Crippen molar-refractivity contribution < 1.29 is 23.9 Å². The first-order valence-corrected chi connectivity index (χ1v) is 9.07. The summed E-state index contributed by atoms with van der Waals surface area (Å²) in [5.41, 5.74) is 1.74. The highest BCUT2D eigenvalue weighted by Crippen LogP contribution is 2.32. The van der Waals surface area contributed by atoms with Crippen molar-refractivity contribution in [1.29, 1.82) is 0 Å². The SMILES string of the molecule is CC(=O)N1C=Cc2ccccc2[C@H]1CC(=O)OCC(=O)NC(=O)NCC(C)C. The molecule has 2 N–H and O–H groups in total. The summed E-state index contributed by atoms with van der Waals surface area (Å²) >= 11 is 0. The monoisotopic (exact) mass is 387 g/mol. The normalized spacial score (nSPS) is 15.0. The van der Waals surface area contributed by atoms with Crippen LogP contribution in [-0.2, 0) is 19.1 Å². The van der Waals surface area contributed by atoms with Gasteiger partial charge in [-0.2, -0.15) is 0 Å². The summed E-state index contributed by atoms with van der Waals surface area (Å²) in [6.07, 6.45) is 3.34. The number of hydrogen-bond acceptors (Lipinski definition) is 5. The van der Waals surface area contributed by atoms with E-state index in [4.69, 9.17) is 4.74 Å². The van der Waals surface area contributed by atoms with E-state index in [1.807, 2.05) is 44.2 Å². The Bertz CT molecular complexity index is 788. The Kier molecular flexibility index (Phi) is 7.31. The number of hydrogen-bond donors (Lipinski definition) is 2. The van der Waals surface area contributed by atoms with Crippen LogP contribution >= 0.6 is 0 Å². The second kappa shape index (κ2) is 9.68. The lowest BCUT2D eigenvalue weighted by Crippen LogP contribution is -2.42. The van der Waals surface area contributed by atoms with E-state index in [2.05, 4.69) is 10.6 Å². The maximum absolute atomic E-state index is 12.2. The van der Waals surface area contributed by atoms with Crippen LogP contribution in [0.3, 0.4) is 0 Å². The number of ether oxygens (including phenoxy) is 1. The van der Waals surface area contributed by atoms with Crippen LogP contribution in [0.15, 0.2) is 30.5 Å². The summed E-state index contributed by atoms with van der Waals surface area (Å²) in [6, 6.07) is 6.30. The molecule has 0 bridgehead atoms. The Hall–Kier alpha value is -3.16. The zero-order valence-corrected chi connectivity index (χ0v) is 16.2. The zero-order chi connectivity index (χ0) is 20.7. The van der Waals surface area contributed by atoms with E-state index in [0.717, 1.165) is 11.1 Å². The summed E-state index contributed by atoms with van der Waals surface area (Å²) in [6.45, 7) is 5.12. The Balaban J connectivity index is 1.90. The second-order valence-corrected chi connectivity index (χ2v) is 6.90. The zero-order valence-electron chi connectivity index (χ0n) is 16.2. The highest BCUT2D eigenvalue weighted by Gasteiger charge is 2.29. The lowest BCUT2D eigenvalue weighted by molar-refractivity contribution is -0.149. The highest BCUT2D eigenvalue weighted by molar-refractivity contribution is 5.95. The van der Waals surface area contributed by atoms with E-state index in [1.165, 1.54) is 11.8 Å². The van der Waals surface area contributed by atoms with Gasteiger partial charge in [0.25, 0.3) is 5.91 Å². The Morgan fingerprint density at radius 1 is 1.18 bits per heavy atom. The molecule has 1 aliphatic rings. The quantitative estimate of drug-likeness (QED) is 0.726. The molecule has 2 rings (SSSR count). The third kappa shape index (κ3) is 5.94. The van der Waals surface area contributed by atoms with Crippen molar-refractivity contribution in [2.75, 3.05) is 13.2 Å². The van der Waals surface area contributed by atoms with Gasteiger partial charge >= 0.3 is 12.0 Å². The second-order valence-electron chi connectivity index (χ2n) is 6.90. The third-order valence-corrected chi connectivity index (χ3v) is 4.12. The van der Waals surface area contributed by atoms with Gasteiger partial charge in [0.1, 0.15) is 0 Å². The summed E-state index contributed by atoms with van der Waals surface area (Å²) < 4.78 is 4.98. The fourth-order valence-electron chi connectivity index (χ4n) is 2.78. The van der Waals surface area contributed by atoms with Crippen molar-refractivity contribution in [2.24, 2.45) is 5.92 Å². The molecule has 1 atom stereocenters. The van der Waals surface area contributed by atoms with Crippen molar-refractivity contribution in [3.8, 4) is 0 Å². The first-order valence-electron chi connectivity index (χ1n) is 9.07. The topological polar surface area (TPSA) is 105 Å². The number of amides is 4. The molecule has 28 heavy (non-hydrogen) atoms. The largest absolute Gasteiger partial charge is 0.455 e. The lowest BCUT2D eigenvalue weighted by atomic mass is 9.94. The van der Waals surface area contributed by atoms with Crippen molar-refractivity contribution in [1.82, 2.24) is 15.5 Å². The first kappa shape index (κ1) is 21.1. The van der Waals surface area contributed by atoms with E-state index in [-0.39, 0.29) is 18.2 Å². The minimum absolute atomic E-state index is 0.103. The van der Waals surface area contributed by atoms with Gasteiger partial charge in [-0.15, -0.1) is 0 Å². The van der Waals surface area contributed by atoms with Gasteiger partial charge in [0.15, 0.2) is 6.61 Å². The van der Waals surface area contributed by atoms with E-state index >= 15 is 0 Å². The molecule has 8 heteroatoms. The van der Waals surface area contributed by atoms with Crippen molar-refractivity contribution in [2.45, 2.75) is 33.2 Å². The number of esters is 1. The van der Waals surface area contributed by atoms with Crippen LogP contribution in [0.25, 0.3) is 6.08 Å². The minimum atomic E-state index is -0.720. The molecule has 4 amide bonds. The molecule has 0 saturated heterocycles. The van der Waals surface area contributed by atoms with Gasteiger partial charge in [0.05, 0.1) is 12.5 Å². The van der Waals surface area contributed by atoms with Gasteiger partial charge < -0.3 is 15.0 Å². The maximum atomic E-state index is 12.2. The van der Waals surface area contributed by atoms with Crippen LogP contribution in [0.1, 0.15) is 44.4 Å². The number of rotatable bonds is 6. The van der Waals surface area contributed by atoms with Crippen LogP contribution in [-0.4, -0.2) is 41.9 Å². The van der Waals surface area contributed by atoms with Crippen molar-refractivity contribution in [3.63, 3.8) is 0 Å². The number of carbonyl (C=O) groups is 4. The predicted octanol–water partition coefficient (Wildman–Crippen LogP) is 1.98. The number of urea groups is 1. The first-order chi connectivity index (χ1) is 13.3. The van der Waals surface area contributed by atoms with E-state index in [1.54, 1.807) is 6.20 Å². The number of carbonyl (C=O) groups excluding carboxylic acids is 4. The maximum Gasteiger partial charge on any atom is 0.321 e. The molecule has 1 aliphatic heterocycles. The molecule has 0 spiro atoms. The number of imide groups is 1. The number of nitrogens with one attached hydrogen (secondary N) is 2. The molecule has 1 aromatic rings. The minimum Gasteiger partial charge on any atom is -0.455 e.